The Morgan fingerprint density at radius 3 is 2.56 bits per heavy atom. The molecule has 1 aliphatic heterocycles. The van der Waals surface area contributed by atoms with Gasteiger partial charge in [-0.05, 0) is 75.4 Å². The van der Waals surface area contributed by atoms with E-state index in [0.717, 1.165) is 11.1 Å². The minimum atomic E-state index is -1.44. The van der Waals surface area contributed by atoms with Gasteiger partial charge in [-0.2, -0.15) is 4.98 Å². The molecule has 236 valence electrons. The van der Waals surface area contributed by atoms with Gasteiger partial charge < -0.3 is 18.8 Å². The molecule has 1 fully saturated rings. The molecule has 0 saturated carbocycles. The van der Waals surface area contributed by atoms with Crippen molar-refractivity contribution < 1.29 is 23.5 Å². The van der Waals surface area contributed by atoms with Crippen molar-refractivity contribution in [2.45, 2.75) is 64.9 Å². The maximum atomic E-state index is 14.3. The number of hydrogen-bond acceptors (Lipinski definition) is 9. The minimum absolute atomic E-state index is 0.000627. The molecule has 11 nitrogen and oxygen atoms in total. The summed E-state index contributed by atoms with van der Waals surface area (Å²) in [5.41, 5.74) is 0.427. The van der Waals surface area contributed by atoms with E-state index in [0.29, 0.717) is 49.1 Å². The van der Waals surface area contributed by atoms with Gasteiger partial charge in [0.25, 0.3) is 5.91 Å². The average molecular weight is 614 g/mol. The molecule has 1 aliphatic rings. The van der Waals surface area contributed by atoms with Crippen molar-refractivity contribution in [3.8, 4) is 0 Å². The summed E-state index contributed by atoms with van der Waals surface area (Å²) in [6.07, 6.45) is 4.49. The van der Waals surface area contributed by atoms with Gasteiger partial charge in [-0.15, -0.1) is 0 Å². The van der Waals surface area contributed by atoms with Crippen molar-refractivity contribution in [2.75, 3.05) is 30.4 Å². The van der Waals surface area contributed by atoms with Crippen LogP contribution in [0.25, 0.3) is 10.9 Å². The fraction of sp³-hybridized carbons (Fsp3) is 0.382. The molecular weight excluding hydrogens is 574 g/mol. The lowest BCUT2D eigenvalue weighted by molar-refractivity contribution is -0.158. The zero-order valence-corrected chi connectivity index (χ0v) is 26.3. The van der Waals surface area contributed by atoms with E-state index in [-0.39, 0.29) is 23.9 Å². The number of amides is 2. The van der Waals surface area contributed by atoms with Crippen LogP contribution in [0, 0.1) is 6.92 Å². The summed E-state index contributed by atoms with van der Waals surface area (Å²) in [4.78, 5) is 52.4. The first kappa shape index (κ1) is 31.6. The topological polar surface area (TPSA) is 127 Å². The third-order valence-corrected chi connectivity index (χ3v) is 7.71. The molecule has 45 heavy (non-hydrogen) atoms. The molecule has 4 aromatic rings. The second-order valence-electron chi connectivity index (χ2n) is 12.2. The number of pyridine rings is 1. The molecule has 0 bridgehead atoms. The fourth-order valence-corrected chi connectivity index (χ4v) is 5.47. The van der Waals surface area contributed by atoms with Crippen LogP contribution < -0.4 is 15.8 Å². The number of rotatable bonds is 9. The third-order valence-electron chi connectivity index (χ3n) is 7.71. The number of anilines is 2. The van der Waals surface area contributed by atoms with Crippen LogP contribution in [0.1, 0.15) is 50.3 Å². The molecular formula is C34H39N5O6. The van der Waals surface area contributed by atoms with Gasteiger partial charge in [0.15, 0.2) is 0 Å². The van der Waals surface area contributed by atoms with Crippen molar-refractivity contribution in [3.63, 3.8) is 0 Å². The van der Waals surface area contributed by atoms with Crippen LogP contribution in [0.15, 0.2) is 76.2 Å². The van der Waals surface area contributed by atoms with Gasteiger partial charge in [-0.25, -0.2) is 9.59 Å². The number of carbonyl (C=O) groups is 2. The lowest BCUT2D eigenvalue weighted by atomic mass is 10.1. The lowest BCUT2D eigenvalue weighted by Gasteiger charge is -2.39. The zero-order chi connectivity index (χ0) is 32.2. The smallest absolute Gasteiger partial charge is 0.412 e. The standard InChI is InChI=1S/C34H39N5O6/c1-23-26(37-32(42)45-33(2,3)4)14-15-27-28(23)29(40)44-31(36-27)39-19-10-17-34(39,43-22-25-11-7-6-8-12-25)30(41)38(5)20-16-24-13-9-18-35-21-24/h6-9,11-15,18,21H,10,16-17,19-20,22H2,1-5H3,(H,37,42). The van der Waals surface area contributed by atoms with Crippen LogP contribution in [-0.2, 0) is 27.3 Å². The molecule has 3 heterocycles. The number of nitrogens with zero attached hydrogens (tertiary/aromatic N) is 4. The van der Waals surface area contributed by atoms with Gasteiger partial charge in [-0.1, -0.05) is 36.4 Å². The molecule has 1 unspecified atom stereocenters. The van der Waals surface area contributed by atoms with Gasteiger partial charge in [-0.3, -0.25) is 20.0 Å². The first-order valence-electron chi connectivity index (χ1n) is 15.0. The highest BCUT2D eigenvalue weighted by Gasteiger charge is 2.52. The maximum absolute atomic E-state index is 14.3. The summed E-state index contributed by atoms with van der Waals surface area (Å²) in [7, 11) is 1.75. The van der Waals surface area contributed by atoms with Crippen molar-refractivity contribution in [3.05, 3.63) is 94.1 Å². The number of aryl methyl sites for hydroxylation is 1. The van der Waals surface area contributed by atoms with Crippen LogP contribution in [0.4, 0.5) is 16.5 Å². The van der Waals surface area contributed by atoms with Gasteiger partial charge in [0, 0.05) is 44.6 Å². The summed E-state index contributed by atoms with van der Waals surface area (Å²) in [5.74, 6) is -0.252. The summed E-state index contributed by atoms with van der Waals surface area (Å²) in [6.45, 7) is 8.03. The Labute approximate surface area is 262 Å². The summed E-state index contributed by atoms with van der Waals surface area (Å²) < 4.78 is 17.7. The molecule has 1 N–H and O–H groups in total. The molecule has 5 rings (SSSR count). The molecule has 0 aliphatic carbocycles. The second kappa shape index (κ2) is 13.1. The van der Waals surface area contributed by atoms with E-state index < -0.39 is 23.0 Å². The predicted molar refractivity (Wildman–Crippen MR) is 171 cm³/mol. The van der Waals surface area contributed by atoms with Gasteiger partial charge in [0.05, 0.1) is 17.5 Å². The molecule has 11 heteroatoms. The number of benzene rings is 2. The molecule has 0 radical (unpaired) electrons. The van der Waals surface area contributed by atoms with E-state index in [1.807, 2.05) is 42.5 Å². The number of fused-ring (bicyclic) bond motifs is 1. The Bertz CT molecular complexity index is 1720. The van der Waals surface area contributed by atoms with Gasteiger partial charge >= 0.3 is 17.7 Å². The Morgan fingerprint density at radius 2 is 1.84 bits per heavy atom. The second-order valence-corrected chi connectivity index (χ2v) is 12.2. The van der Waals surface area contributed by atoms with Gasteiger partial charge in [0.1, 0.15) is 5.60 Å². The van der Waals surface area contributed by atoms with E-state index in [2.05, 4.69) is 10.3 Å². The number of carbonyl (C=O) groups excluding carboxylic acids is 2. The highest BCUT2D eigenvalue weighted by Crippen LogP contribution is 2.37. The first-order chi connectivity index (χ1) is 21.5. The molecule has 1 saturated heterocycles. The van der Waals surface area contributed by atoms with Crippen molar-refractivity contribution >= 4 is 34.6 Å². The van der Waals surface area contributed by atoms with Gasteiger partial charge in [0.2, 0.25) is 5.72 Å². The van der Waals surface area contributed by atoms with E-state index >= 15 is 0 Å². The number of hydrogen-bond donors (Lipinski definition) is 1. The number of nitrogens with one attached hydrogen (secondary N) is 1. The third kappa shape index (κ3) is 7.15. The SMILES string of the molecule is Cc1c(NC(=O)OC(C)(C)C)ccc2nc(N3CCCC3(OCc3ccccc3)C(=O)N(C)CCc3cccnc3)oc(=O)c12. The summed E-state index contributed by atoms with van der Waals surface area (Å²) >= 11 is 0. The largest absolute Gasteiger partial charge is 0.444 e. The predicted octanol–water partition coefficient (Wildman–Crippen LogP) is 5.45. The maximum Gasteiger partial charge on any atom is 0.412 e. The highest BCUT2D eigenvalue weighted by atomic mass is 16.6. The van der Waals surface area contributed by atoms with E-state index in [9.17, 15) is 14.4 Å². The zero-order valence-electron chi connectivity index (χ0n) is 26.3. The minimum Gasteiger partial charge on any atom is -0.444 e. The van der Waals surface area contributed by atoms with Crippen LogP contribution in [0.3, 0.4) is 0 Å². The van der Waals surface area contributed by atoms with E-state index in [1.165, 1.54) is 0 Å². The van der Waals surface area contributed by atoms with Crippen LogP contribution in [-0.4, -0.2) is 58.3 Å². The monoisotopic (exact) mass is 613 g/mol. The average Bonchev–Trinajstić information content (AvgIpc) is 3.45. The lowest BCUT2D eigenvalue weighted by Crippen LogP contribution is -2.58. The van der Waals surface area contributed by atoms with Crippen LogP contribution in [0.5, 0.6) is 0 Å². The van der Waals surface area contributed by atoms with Crippen molar-refractivity contribution in [1.29, 1.82) is 0 Å². The van der Waals surface area contributed by atoms with Crippen LogP contribution >= 0.6 is 0 Å². The van der Waals surface area contributed by atoms with E-state index in [1.54, 1.807) is 69.1 Å². The van der Waals surface area contributed by atoms with Crippen molar-refractivity contribution in [1.82, 2.24) is 14.9 Å². The Kier molecular flexibility index (Phi) is 9.19. The van der Waals surface area contributed by atoms with E-state index in [4.69, 9.17) is 18.9 Å². The first-order valence-corrected chi connectivity index (χ1v) is 15.0. The van der Waals surface area contributed by atoms with Crippen LogP contribution in [0.2, 0.25) is 0 Å². The number of likely N-dealkylation sites (N-methyl/N-ethyl adjacent to an activating group) is 1. The molecule has 2 aromatic heterocycles. The fourth-order valence-electron chi connectivity index (χ4n) is 5.47. The summed E-state index contributed by atoms with van der Waals surface area (Å²) in [5, 5.41) is 2.92. The Morgan fingerprint density at radius 1 is 1.09 bits per heavy atom. The molecule has 2 aromatic carbocycles. The number of aromatic nitrogens is 2. The highest BCUT2D eigenvalue weighted by molar-refractivity contribution is 5.93. The van der Waals surface area contributed by atoms with Crippen molar-refractivity contribution in [2.24, 2.45) is 0 Å². The molecule has 1 atom stereocenters. The Balaban J connectivity index is 1.47. The Hall–Kier alpha value is -4.77. The normalized spacial score (nSPS) is 16.5. The molecule has 2 amide bonds. The number of ether oxygens (including phenoxy) is 2. The molecule has 0 spiro atoms. The summed E-state index contributed by atoms with van der Waals surface area (Å²) in [6, 6.07) is 16.8. The quantitative estimate of drug-likeness (QED) is 0.262.